The van der Waals surface area contributed by atoms with Gasteiger partial charge in [0.15, 0.2) is 0 Å². The van der Waals surface area contributed by atoms with Gasteiger partial charge in [0.2, 0.25) is 0 Å². The van der Waals surface area contributed by atoms with Crippen molar-refractivity contribution in [2.75, 3.05) is 18.4 Å². The quantitative estimate of drug-likeness (QED) is 0.589. The van der Waals surface area contributed by atoms with Crippen LogP contribution in [0.3, 0.4) is 0 Å². The van der Waals surface area contributed by atoms with Gasteiger partial charge in [0.25, 0.3) is 0 Å². The molecule has 0 saturated carbocycles. The fraction of sp³-hybridized carbons (Fsp3) is 0.222. The Bertz CT molecular complexity index is 279. The molecule has 0 radical (unpaired) electrons. The zero-order chi connectivity index (χ0) is 7.52. The van der Waals surface area contributed by atoms with E-state index in [1.54, 1.807) is 0 Å². The molecule has 0 unspecified atom stereocenters. The highest BCUT2D eigenvalue weighted by Gasteiger charge is 1.99. The minimum atomic E-state index is 0.870. The number of hydrogen-bond donors (Lipinski definition) is 1. The third-order valence-electron chi connectivity index (χ3n) is 1.75. The van der Waals surface area contributed by atoms with Crippen LogP contribution in [0, 0.1) is 0 Å². The zero-order valence-corrected chi connectivity index (χ0v) is 6.25. The molecule has 0 bridgehead atoms. The smallest absolute Gasteiger partial charge is 0.0562 e. The largest absolute Gasteiger partial charge is 0.383 e. The fourth-order valence-electron chi connectivity index (χ4n) is 1.19. The lowest BCUT2D eigenvalue weighted by molar-refractivity contribution is 1.04. The molecule has 1 aliphatic heterocycles. The molecule has 1 aromatic rings. The van der Waals surface area contributed by atoms with Crippen molar-refractivity contribution in [3.05, 3.63) is 29.8 Å². The Hall–Kier alpha value is -1.31. The van der Waals surface area contributed by atoms with Crippen LogP contribution in [0.25, 0.3) is 0 Å². The van der Waals surface area contributed by atoms with Crippen molar-refractivity contribution in [3.63, 3.8) is 0 Å². The van der Waals surface area contributed by atoms with E-state index in [2.05, 4.69) is 22.4 Å². The van der Waals surface area contributed by atoms with Gasteiger partial charge in [0, 0.05) is 24.0 Å². The van der Waals surface area contributed by atoms with Gasteiger partial charge in [-0.25, -0.2) is 0 Å². The van der Waals surface area contributed by atoms with E-state index in [9.17, 15) is 0 Å². The number of benzene rings is 1. The number of benzodiazepines with no additional fused rings is 1. The topological polar surface area (TPSA) is 24.4 Å². The molecule has 1 N–H and O–H groups in total. The zero-order valence-electron chi connectivity index (χ0n) is 6.25. The standard InChI is InChI=1S/C9H10N2/c1-2-4-9-8(3-1)7-10-5-6-11-9/h1-4,7,11H,5-6H2. The molecule has 1 heterocycles. The van der Waals surface area contributed by atoms with Crippen LogP contribution >= 0.6 is 0 Å². The molecule has 0 aliphatic carbocycles. The van der Waals surface area contributed by atoms with Crippen LogP contribution in [-0.4, -0.2) is 19.3 Å². The third-order valence-corrected chi connectivity index (χ3v) is 1.75. The first-order chi connectivity index (χ1) is 5.47. The van der Waals surface area contributed by atoms with Crippen molar-refractivity contribution in [2.24, 2.45) is 4.99 Å². The molecule has 2 heteroatoms. The summed E-state index contributed by atoms with van der Waals surface area (Å²) in [4.78, 5) is 4.22. The number of anilines is 1. The lowest BCUT2D eigenvalue weighted by Crippen LogP contribution is -2.02. The number of nitrogens with zero attached hydrogens (tertiary/aromatic N) is 1. The van der Waals surface area contributed by atoms with Gasteiger partial charge in [-0.15, -0.1) is 0 Å². The van der Waals surface area contributed by atoms with Gasteiger partial charge >= 0.3 is 0 Å². The molecule has 2 rings (SSSR count). The predicted octanol–water partition coefficient (Wildman–Crippen LogP) is 1.53. The van der Waals surface area contributed by atoms with E-state index in [-0.39, 0.29) is 0 Å². The van der Waals surface area contributed by atoms with Crippen LogP contribution in [0.5, 0.6) is 0 Å². The second-order valence-corrected chi connectivity index (χ2v) is 2.55. The Morgan fingerprint density at radius 1 is 1.27 bits per heavy atom. The highest BCUT2D eigenvalue weighted by molar-refractivity contribution is 5.88. The summed E-state index contributed by atoms with van der Waals surface area (Å²) in [5.41, 5.74) is 2.37. The van der Waals surface area contributed by atoms with Crippen LogP contribution in [0.1, 0.15) is 5.56 Å². The van der Waals surface area contributed by atoms with Crippen molar-refractivity contribution in [1.29, 1.82) is 0 Å². The van der Waals surface area contributed by atoms with Gasteiger partial charge in [0.05, 0.1) is 6.54 Å². The maximum absolute atomic E-state index is 4.22. The van der Waals surface area contributed by atoms with E-state index < -0.39 is 0 Å². The van der Waals surface area contributed by atoms with Crippen molar-refractivity contribution >= 4 is 11.9 Å². The first-order valence-corrected chi connectivity index (χ1v) is 3.79. The van der Waals surface area contributed by atoms with Crippen molar-refractivity contribution in [1.82, 2.24) is 0 Å². The van der Waals surface area contributed by atoms with Crippen molar-refractivity contribution < 1.29 is 0 Å². The van der Waals surface area contributed by atoms with E-state index in [0.29, 0.717) is 0 Å². The predicted molar refractivity (Wildman–Crippen MR) is 47.4 cm³/mol. The van der Waals surface area contributed by atoms with Gasteiger partial charge in [-0.1, -0.05) is 18.2 Å². The first-order valence-electron chi connectivity index (χ1n) is 3.79. The summed E-state index contributed by atoms with van der Waals surface area (Å²) in [6.07, 6.45) is 1.93. The van der Waals surface area contributed by atoms with E-state index in [4.69, 9.17) is 0 Å². The van der Waals surface area contributed by atoms with Crippen LogP contribution in [0.15, 0.2) is 29.3 Å². The first kappa shape index (κ1) is 6.40. The number of aliphatic imine (C=N–C) groups is 1. The summed E-state index contributed by atoms with van der Waals surface area (Å²) in [7, 11) is 0. The lowest BCUT2D eigenvalue weighted by Gasteiger charge is -2.03. The summed E-state index contributed by atoms with van der Waals surface area (Å²) >= 11 is 0. The average Bonchev–Trinajstić information content (AvgIpc) is 2.28. The average molecular weight is 146 g/mol. The third kappa shape index (κ3) is 1.24. The molecular weight excluding hydrogens is 136 g/mol. The van der Waals surface area contributed by atoms with Gasteiger partial charge in [-0.3, -0.25) is 4.99 Å². The van der Waals surface area contributed by atoms with E-state index in [0.717, 1.165) is 13.1 Å². The molecule has 0 fully saturated rings. The molecule has 1 aromatic carbocycles. The monoisotopic (exact) mass is 146 g/mol. The Morgan fingerprint density at radius 3 is 3.18 bits per heavy atom. The second-order valence-electron chi connectivity index (χ2n) is 2.55. The Labute approximate surface area is 66.0 Å². The molecule has 0 amide bonds. The summed E-state index contributed by atoms with van der Waals surface area (Å²) in [6.45, 7) is 1.81. The molecule has 11 heavy (non-hydrogen) atoms. The Morgan fingerprint density at radius 2 is 2.18 bits per heavy atom. The highest BCUT2D eigenvalue weighted by Crippen LogP contribution is 2.13. The fourth-order valence-corrected chi connectivity index (χ4v) is 1.19. The van der Waals surface area contributed by atoms with Crippen molar-refractivity contribution in [3.8, 4) is 0 Å². The molecule has 56 valence electrons. The molecule has 2 nitrogen and oxygen atoms in total. The minimum absolute atomic E-state index is 0.870. The second kappa shape index (κ2) is 2.74. The minimum Gasteiger partial charge on any atom is -0.383 e. The van der Waals surface area contributed by atoms with Gasteiger partial charge < -0.3 is 5.32 Å². The molecule has 0 saturated heterocycles. The molecule has 0 aromatic heterocycles. The number of rotatable bonds is 0. The maximum Gasteiger partial charge on any atom is 0.0562 e. The molecule has 0 atom stereocenters. The van der Waals surface area contributed by atoms with Gasteiger partial charge in [-0.05, 0) is 6.07 Å². The summed E-state index contributed by atoms with van der Waals surface area (Å²) < 4.78 is 0. The maximum atomic E-state index is 4.22. The van der Waals surface area contributed by atoms with Crippen LogP contribution in [-0.2, 0) is 0 Å². The normalized spacial score (nSPS) is 14.9. The SMILES string of the molecule is C1=NCCNc2ccccc21. The number of para-hydroxylation sites is 1. The van der Waals surface area contributed by atoms with E-state index in [1.807, 2.05) is 18.3 Å². The summed E-state index contributed by atoms with van der Waals surface area (Å²) in [6, 6.07) is 8.20. The summed E-state index contributed by atoms with van der Waals surface area (Å²) in [5.74, 6) is 0. The van der Waals surface area contributed by atoms with Gasteiger partial charge in [-0.2, -0.15) is 0 Å². The van der Waals surface area contributed by atoms with E-state index >= 15 is 0 Å². The Balaban J connectivity index is 2.45. The van der Waals surface area contributed by atoms with Crippen LogP contribution in [0.2, 0.25) is 0 Å². The number of nitrogens with one attached hydrogen (secondary N) is 1. The highest BCUT2D eigenvalue weighted by atomic mass is 14.9. The lowest BCUT2D eigenvalue weighted by atomic mass is 10.2. The Kier molecular flexibility index (Phi) is 1.60. The molecule has 0 spiro atoms. The van der Waals surface area contributed by atoms with E-state index in [1.165, 1.54) is 11.3 Å². The molecule has 1 aliphatic rings. The van der Waals surface area contributed by atoms with Gasteiger partial charge in [0.1, 0.15) is 0 Å². The number of fused-ring (bicyclic) bond motifs is 1. The van der Waals surface area contributed by atoms with Crippen molar-refractivity contribution in [2.45, 2.75) is 0 Å². The summed E-state index contributed by atoms with van der Waals surface area (Å²) in [5, 5.41) is 3.30. The molecular formula is C9H10N2. The van der Waals surface area contributed by atoms with Crippen LogP contribution in [0.4, 0.5) is 5.69 Å². The van der Waals surface area contributed by atoms with Crippen LogP contribution < -0.4 is 5.32 Å². The number of hydrogen-bond acceptors (Lipinski definition) is 2.